The van der Waals surface area contributed by atoms with Crippen molar-refractivity contribution in [3.63, 3.8) is 0 Å². The van der Waals surface area contributed by atoms with Gasteiger partial charge < -0.3 is 0 Å². The molecule has 0 saturated heterocycles. The van der Waals surface area contributed by atoms with Gasteiger partial charge in [0.1, 0.15) is 0 Å². The minimum absolute atomic E-state index is 0.675. The van der Waals surface area contributed by atoms with E-state index in [1.807, 2.05) is 35.9 Å². The fourth-order valence-electron chi connectivity index (χ4n) is 6.20. The van der Waals surface area contributed by atoms with Crippen LogP contribution in [0.15, 0.2) is 122 Å². The molecule has 0 fully saturated rings. The summed E-state index contributed by atoms with van der Waals surface area (Å²) in [6.07, 6.45) is 3.91. The molecular weight excluding hydrogens is 508 g/mol. The molecule has 0 aliphatic heterocycles. The van der Waals surface area contributed by atoms with Gasteiger partial charge in [-0.05, 0) is 29.7 Å². The Morgan fingerprint density at radius 1 is 0.575 bits per heavy atom. The Kier molecular flexibility index (Phi) is 4.45. The monoisotopic (exact) mass is 528 g/mol. The summed E-state index contributed by atoms with van der Waals surface area (Å²) in [5.74, 6) is 0.675. The fourth-order valence-corrected chi connectivity index (χ4v) is 7.43. The zero-order chi connectivity index (χ0) is 26.2. The second kappa shape index (κ2) is 8.18. The Labute approximate surface area is 232 Å². The first kappa shape index (κ1) is 21.8. The molecule has 9 rings (SSSR count). The summed E-state index contributed by atoms with van der Waals surface area (Å²) in [7, 11) is 0. The first-order valence-corrected chi connectivity index (χ1v) is 14.1. The molecule has 0 bridgehead atoms. The highest BCUT2D eigenvalue weighted by Crippen LogP contribution is 2.47. The largest absolute Gasteiger partial charge is 0.277 e. The Morgan fingerprint density at radius 2 is 1.32 bits per heavy atom. The molecule has 0 aliphatic rings. The Morgan fingerprint density at radius 3 is 2.23 bits per heavy atom. The summed E-state index contributed by atoms with van der Waals surface area (Å²) >= 11 is 1.83. The van der Waals surface area contributed by atoms with Crippen LogP contribution < -0.4 is 0 Å². The maximum Gasteiger partial charge on any atom is 0.235 e. The summed E-state index contributed by atoms with van der Waals surface area (Å²) in [4.78, 5) is 15.0. The van der Waals surface area contributed by atoms with E-state index in [1.54, 1.807) is 0 Å². The van der Waals surface area contributed by atoms with Crippen LogP contribution in [0, 0.1) is 0 Å². The maximum absolute atomic E-state index is 5.31. The summed E-state index contributed by atoms with van der Waals surface area (Å²) < 4.78 is 4.78. The van der Waals surface area contributed by atoms with Crippen molar-refractivity contribution in [1.29, 1.82) is 0 Å². The fraction of sp³-hybridized carbons (Fsp3) is 0. The molecule has 4 heterocycles. The average molecular weight is 529 g/mol. The standard InChI is InChI=1S/C35H20N4S/c1-2-10-21(11-3-1)32-23-12-4-7-15-27(23)37-35(38-32)39-28-16-8-5-13-24(28)30-22-18-19-36-20-26(22)34-31(33(30)39)25-14-6-9-17-29(25)40-34/h1-20H. The first-order chi connectivity index (χ1) is 19.9. The Hall–Kier alpha value is -5.13. The average Bonchev–Trinajstić information content (AvgIpc) is 3.58. The van der Waals surface area contributed by atoms with Crippen LogP contribution in [0.4, 0.5) is 0 Å². The number of fused-ring (bicyclic) bond motifs is 11. The number of benzene rings is 5. The van der Waals surface area contributed by atoms with E-state index < -0.39 is 0 Å². The molecule has 4 aromatic heterocycles. The molecule has 0 atom stereocenters. The number of rotatable bonds is 2. The highest BCUT2D eigenvalue weighted by atomic mass is 32.1. The SMILES string of the molecule is c1ccc(-c2nc(-n3c4ccccc4c4c5ccncc5c5sc6ccccc6c5c43)nc3ccccc23)cc1. The normalized spacial score (nSPS) is 12.0. The topological polar surface area (TPSA) is 43.6 Å². The van der Waals surface area contributed by atoms with Crippen molar-refractivity contribution >= 4 is 75.0 Å². The summed E-state index contributed by atoms with van der Waals surface area (Å²) in [6, 6.07) is 38.1. The minimum Gasteiger partial charge on any atom is -0.277 e. The van der Waals surface area contributed by atoms with Crippen molar-refractivity contribution in [1.82, 2.24) is 19.5 Å². The molecule has 4 nitrogen and oxygen atoms in total. The van der Waals surface area contributed by atoms with Crippen LogP contribution in [0.25, 0.3) is 80.9 Å². The van der Waals surface area contributed by atoms with Gasteiger partial charge in [0.2, 0.25) is 5.95 Å². The molecule has 9 aromatic rings. The van der Waals surface area contributed by atoms with Crippen LogP contribution in [0.1, 0.15) is 0 Å². The molecule has 0 unspecified atom stereocenters. The molecule has 5 aromatic carbocycles. The van der Waals surface area contributed by atoms with Gasteiger partial charge in [0.15, 0.2) is 0 Å². The van der Waals surface area contributed by atoms with Gasteiger partial charge in [0.05, 0.1) is 22.2 Å². The number of thiophene rings is 1. The molecule has 0 spiro atoms. The molecule has 40 heavy (non-hydrogen) atoms. The van der Waals surface area contributed by atoms with E-state index in [9.17, 15) is 0 Å². The molecular formula is C35H20N4S. The Bertz CT molecular complexity index is 2440. The van der Waals surface area contributed by atoms with Crippen LogP contribution in [-0.4, -0.2) is 19.5 Å². The molecule has 0 radical (unpaired) electrons. The van der Waals surface area contributed by atoms with E-state index in [2.05, 4.69) is 107 Å². The minimum atomic E-state index is 0.675. The lowest BCUT2D eigenvalue weighted by Crippen LogP contribution is -2.03. The van der Waals surface area contributed by atoms with Crippen molar-refractivity contribution in [2.24, 2.45) is 0 Å². The lowest BCUT2D eigenvalue weighted by atomic mass is 10.0. The van der Waals surface area contributed by atoms with E-state index in [4.69, 9.17) is 9.97 Å². The van der Waals surface area contributed by atoms with Gasteiger partial charge in [-0.2, -0.15) is 0 Å². The van der Waals surface area contributed by atoms with Crippen molar-refractivity contribution in [2.45, 2.75) is 0 Å². The predicted octanol–water partition coefficient (Wildman–Crippen LogP) is 9.31. The van der Waals surface area contributed by atoms with Gasteiger partial charge in [0, 0.05) is 59.7 Å². The smallest absolute Gasteiger partial charge is 0.235 e. The molecule has 186 valence electrons. The maximum atomic E-state index is 5.31. The summed E-state index contributed by atoms with van der Waals surface area (Å²) in [5.41, 5.74) is 5.16. The third kappa shape index (κ3) is 2.92. The summed E-state index contributed by atoms with van der Waals surface area (Å²) in [6.45, 7) is 0. The van der Waals surface area contributed by atoms with Crippen LogP contribution in [0.3, 0.4) is 0 Å². The lowest BCUT2D eigenvalue weighted by Gasteiger charge is -2.12. The number of pyridine rings is 1. The molecule has 0 N–H and O–H groups in total. The van der Waals surface area contributed by atoms with Crippen molar-refractivity contribution < 1.29 is 0 Å². The number of hydrogen-bond donors (Lipinski definition) is 0. The molecule has 5 heteroatoms. The Balaban J connectivity index is 1.55. The van der Waals surface area contributed by atoms with E-state index in [0.717, 1.165) is 33.2 Å². The van der Waals surface area contributed by atoms with Gasteiger partial charge in [-0.1, -0.05) is 84.9 Å². The first-order valence-electron chi connectivity index (χ1n) is 13.3. The van der Waals surface area contributed by atoms with Gasteiger partial charge >= 0.3 is 0 Å². The number of hydrogen-bond acceptors (Lipinski definition) is 4. The van der Waals surface area contributed by atoms with Crippen LogP contribution in [0.2, 0.25) is 0 Å². The number of nitrogens with zero attached hydrogens (tertiary/aromatic N) is 4. The highest BCUT2D eigenvalue weighted by Gasteiger charge is 2.23. The van der Waals surface area contributed by atoms with Gasteiger partial charge in [-0.15, -0.1) is 11.3 Å². The van der Waals surface area contributed by atoms with Crippen molar-refractivity contribution in [2.75, 3.05) is 0 Å². The molecule has 0 amide bonds. The third-order valence-corrected chi connectivity index (χ3v) is 9.08. The van der Waals surface area contributed by atoms with Gasteiger partial charge in [-0.25, -0.2) is 9.97 Å². The lowest BCUT2D eigenvalue weighted by molar-refractivity contribution is 1.02. The van der Waals surface area contributed by atoms with E-state index >= 15 is 0 Å². The highest BCUT2D eigenvalue weighted by molar-refractivity contribution is 7.27. The quantitative estimate of drug-likeness (QED) is 0.225. The van der Waals surface area contributed by atoms with Gasteiger partial charge in [-0.3, -0.25) is 9.55 Å². The van der Waals surface area contributed by atoms with E-state index in [-0.39, 0.29) is 0 Å². The van der Waals surface area contributed by atoms with Crippen LogP contribution in [-0.2, 0) is 0 Å². The van der Waals surface area contributed by atoms with Crippen molar-refractivity contribution in [3.8, 4) is 17.2 Å². The number of aromatic nitrogens is 4. The zero-order valence-corrected chi connectivity index (χ0v) is 22.1. The predicted molar refractivity (Wildman–Crippen MR) is 168 cm³/mol. The molecule has 0 aliphatic carbocycles. The molecule has 0 saturated carbocycles. The zero-order valence-electron chi connectivity index (χ0n) is 21.2. The van der Waals surface area contributed by atoms with E-state index in [0.29, 0.717) is 5.95 Å². The van der Waals surface area contributed by atoms with E-state index in [1.165, 1.54) is 41.7 Å². The second-order valence-electron chi connectivity index (χ2n) is 10.1. The van der Waals surface area contributed by atoms with Crippen molar-refractivity contribution in [3.05, 3.63) is 122 Å². The van der Waals surface area contributed by atoms with Gasteiger partial charge in [0.25, 0.3) is 0 Å². The number of para-hydroxylation sites is 2. The third-order valence-electron chi connectivity index (χ3n) is 7.88. The van der Waals surface area contributed by atoms with Crippen LogP contribution in [0.5, 0.6) is 0 Å². The second-order valence-corrected chi connectivity index (χ2v) is 11.1. The van der Waals surface area contributed by atoms with Crippen LogP contribution >= 0.6 is 11.3 Å². The summed E-state index contributed by atoms with van der Waals surface area (Å²) in [5, 5.41) is 8.28.